The number of aryl methyl sites for hydroxylation is 1. The molecule has 0 aliphatic heterocycles. The second kappa shape index (κ2) is 8.43. The lowest BCUT2D eigenvalue weighted by molar-refractivity contribution is -0.123. The smallest absolute Gasteiger partial charge is 0.258 e. The van der Waals surface area contributed by atoms with Gasteiger partial charge in [0.1, 0.15) is 17.3 Å². The minimum absolute atomic E-state index is 0.0681. The maximum absolute atomic E-state index is 11.9. The Bertz CT molecular complexity index is 906. The molecule has 0 radical (unpaired) electrons. The Hall–Kier alpha value is -2.24. The van der Waals surface area contributed by atoms with E-state index in [-0.39, 0.29) is 12.5 Å². The maximum Gasteiger partial charge on any atom is 0.258 e. The van der Waals surface area contributed by atoms with E-state index in [9.17, 15) is 4.79 Å². The van der Waals surface area contributed by atoms with Gasteiger partial charge in [-0.2, -0.15) is 0 Å². The van der Waals surface area contributed by atoms with Gasteiger partial charge in [-0.25, -0.2) is 0 Å². The zero-order chi connectivity index (χ0) is 18.5. The molecule has 0 aliphatic rings. The van der Waals surface area contributed by atoms with Gasteiger partial charge in [0.2, 0.25) is 0 Å². The number of amides is 1. The number of ether oxygens (including phenoxy) is 1. The summed E-state index contributed by atoms with van der Waals surface area (Å²) in [7, 11) is 0. The minimum Gasteiger partial charge on any atom is -0.484 e. The van der Waals surface area contributed by atoms with Gasteiger partial charge in [-0.3, -0.25) is 4.79 Å². The van der Waals surface area contributed by atoms with Crippen LogP contribution in [0.1, 0.15) is 11.3 Å². The molecule has 4 nitrogen and oxygen atoms in total. The highest BCUT2D eigenvalue weighted by atomic mass is 79.9. The van der Waals surface area contributed by atoms with Gasteiger partial charge in [0.05, 0.1) is 6.54 Å². The highest BCUT2D eigenvalue weighted by molar-refractivity contribution is 9.10. The van der Waals surface area contributed by atoms with Crippen LogP contribution in [0.3, 0.4) is 0 Å². The molecular formula is C20H17BrClNO3. The molecule has 1 amide bonds. The summed E-state index contributed by atoms with van der Waals surface area (Å²) in [4.78, 5) is 11.9. The van der Waals surface area contributed by atoms with Gasteiger partial charge in [0.15, 0.2) is 6.61 Å². The van der Waals surface area contributed by atoms with Crippen molar-refractivity contribution in [3.63, 3.8) is 0 Å². The van der Waals surface area contributed by atoms with E-state index in [1.54, 1.807) is 18.2 Å². The van der Waals surface area contributed by atoms with Crippen molar-refractivity contribution in [2.75, 3.05) is 6.61 Å². The van der Waals surface area contributed by atoms with Gasteiger partial charge in [0, 0.05) is 15.1 Å². The van der Waals surface area contributed by atoms with E-state index in [1.165, 1.54) is 0 Å². The molecule has 2 aromatic carbocycles. The molecule has 3 rings (SSSR count). The summed E-state index contributed by atoms with van der Waals surface area (Å²) in [6, 6.07) is 16.9. The molecule has 1 aromatic heterocycles. The SMILES string of the molecule is Cc1cc(OCC(=O)NCc2ccc(-c3ccc(Br)cc3)o2)ccc1Cl. The Kier molecular flexibility index (Phi) is 6.01. The standard InChI is InChI=1S/C20H17BrClNO3/c1-13-10-16(6-8-18(13)22)25-12-20(24)23-11-17-7-9-19(26-17)14-2-4-15(21)5-3-14/h2-10H,11-12H2,1H3,(H,23,24). The molecule has 0 fully saturated rings. The molecule has 1 N–H and O–H groups in total. The van der Waals surface area contributed by atoms with Crippen molar-refractivity contribution in [1.29, 1.82) is 0 Å². The van der Waals surface area contributed by atoms with E-state index in [0.717, 1.165) is 21.4 Å². The van der Waals surface area contributed by atoms with E-state index < -0.39 is 0 Å². The lowest BCUT2D eigenvalue weighted by Gasteiger charge is -2.08. The third-order valence-electron chi connectivity index (χ3n) is 3.75. The van der Waals surface area contributed by atoms with Gasteiger partial charge in [-0.15, -0.1) is 0 Å². The van der Waals surface area contributed by atoms with Crippen molar-refractivity contribution >= 4 is 33.4 Å². The van der Waals surface area contributed by atoms with Crippen LogP contribution in [-0.4, -0.2) is 12.5 Å². The molecule has 0 spiro atoms. The topological polar surface area (TPSA) is 51.5 Å². The maximum atomic E-state index is 11.9. The molecule has 26 heavy (non-hydrogen) atoms. The Morgan fingerprint density at radius 3 is 2.65 bits per heavy atom. The number of carbonyl (C=O) groups excluding carboxylic acids is 1. The van der Waals surface area contributed by atoms with Crippen LogP contribution in [0.25, 0.3) is 11.3 Å². The number of benzene rings is 2. The first-order valence-electron chi connectivity index (χ1n) is 8.01. The molecule has 0 bridgehead atoms. The largest absolute Gasteiger partial charge is 0.484 e. The molecule has 134 valence electrons. The van der Waals surface area contributed by atoms with Crippen LogP contribution in [0.5, 0.6) is 5.75 Å². The molecule has 0 unspecified atom stereocenters. The monoisotopic (exact) mass is 433 g/mol. The lowest BCUT2D eigenvalue weighted by atomic mass is 10.2. The molecular weight excluding hydrogens is 418 g/mol. The Labute approximate surface area is 165 Å². The summed E-state index contributed by atoms with van der Waals surface area (Å²) in [5.74, 6) is 1.82. The first-order valence-corrected chi connectivity index (χ1v) is 9.18. The lowest BCUT2D eigenvalue weighted by Crippen LogP contribution is -2.28. The van der Waals surface area contributed by atoms with Crippen LogP contribution in [0, 0.1) is 6.92 Å². The fraction of sp³-hybridized carbons (Fsp3) is 0.150. The van der Waals surface area contributed by atoms with Gasteiger partial charge >= 0.3 is 0 Å². The summed E-state index contributed by atoms with van der Waals surface area (Å²) in [5, 5.41) is 3.45. The Balaban J connectivity index is 1.50. The molecule has 0 atom stereocenters. The summed E-state index contributed by atoms with van der Waals surface area (Å²) in [6.45, 7) is 2.12. The van der Waals surface area contributed by atoms with Crippen LogP contribution >= 0.6 is 27.5 Å². The molecule has 6 heteroatoms. The van der Waals surface area contributed by atoms with Crippen LogP contribution < -0.4 is 10.1 Å². The summed E-state index contributed by atoms with van der Waals surface area (Å²) < 4.78 is 12.2. The van der Waals surface area contributed by atoms with E-state index in [0.29, 0.717) is 23.1 Å². The quantitative estimate of drug-likeness (QED) is 0.568. The van der Waals surface area contributed by atoms with Gasteiger partial charge in [-0.1, -0.05) is 39.7 Å². The number of hydrogen-bond donors (Lipinski definition) is 1. The fourth-order valence-electron chi connectivity index (χ4n) is 2.33. The highest BCUT2D eigenvalue weighted by Gasteiger charge is 2.08. The minimum atomic E-state index is -0.223. The second-order valence-corrected chi connectivity index (χ2v) is 7.07. The summed E-state index contributed by atoms with van der Waals surface area (Å²) in [6.07, 6.45) is 0. The fourth-order valence-corrected chi connectivity index (χ4v) is 2.72. The number of carbonyl (C=O) groups is 1. The van der Waals surface area contributed by atoms with Gasteiger partial charge < -0.3 is 14.5 Å². The van der Waals surface area contributed by atoms with E-state index in [1.807, 2.05) is 43.3 Å². The average molecular weight is 435 g/mol. The second-order valence-electron chi connectivity index (χ2n) is 5.75. The van der Waals surface area contributed by atoms with Crippen molar-refractivity contribution < 1.29 is 13.9 Å². The molecule has 0 saturated carbocycles. The first-order chi connectivity index (χ1) is 12.5. The van der Waals surface area contributed by atoms with Gasteiger partial charge in [0.25, 0.3) is 5.91 Å². The molecule has 0 aliphatic carbocycles. The van der Waals surface area contributed by atoms with E-state index in [2.05, 4.69) is 21.2 Å². The number of hydrogen-bond acceptors (Lipinski definition) is 3. The third kappa shape index (κ3) is 4.90. The third-order valence-corrected chi connectivity index (χ3v) is 4.70. The van der Waals surface area contributed by atoms with Crippen molar-refractivity contribution in [3.8, 4) is 17.1 Å². The van der Waals surface area contributed by atoms with Crippen LogP contribution in [-0.2, 0) is 11.3 Å². The summed E-state index contributed by atoms with van der Waals surface area (Å²) >= 11 is 9.37. The number of nitrogens with one attached hydrogen (secondary N) is 1. The van der Waals surface area contributed by atoms with Crippen LogP contribution in [0.15, 0.2) is 63.5 Å². The average Bonchev–Trinajstić information content (AvgIpc) is 3.10. The number of rotatable bonds is 6. The van der Waals surface area contributed by atoms with E-state index in [4.69, 9.17) is 20.8 Å². The van der Waals surface area contributed by atoms with Gasteiger partial charge in [-0.05, 0) is 55.0 Å². The Morgan fingerprint density at radius 1 is 1.15 bits per heavy atom. The van der Waals surface area contributed by atoms with Crippen LogP contribution in [0.4, 0.5) is 0 Å². The predicted molar refractivity (Wildman–Crippen MR) is 105 cm³/mol. The zero-order valence-corrected chi connectivity index (χ0v) is 16.4. The van der Waals surface area contributed by atoms with Crippen molar-refractivity contribution in [2.45, 2.75) is 13.5 Å². The van der Waals surface area contributed by atoms with E-state index >= 15 is 0 Å². The normalized spacial score (nSPS) is 10.6. The first kappa shape index (κ1) is 18.5. The number of halogens is 2. The number of furan rings is 1. The predicted octanol–water partition coefficient (Wildman–Crippen LogP) is 5.37. The van der Waals surface area contributed by atoms with Crippen molar-refractivity contribution in [3.05, 3.63) is 75.4 Å². The molecule has 1 heterocycles. The zero-order valence-electron chi connectivity index (χ0n) is 14.1. The summed E-state index contributed by atoms with van der Waals surface area (Å²) in [5.41, 5.74) is 1.88. The van der Waals surface area contributed by atoms with Crippen LogP contribution in [0.2, 0.25) is 5.02 Å². The highest BCUT2D eigenvalue weighted by Crippen LogP contribution is 2.24. The van der Waals surface area contributed by atoms with Crippen molar-refractivity contribution in [2.24, 2.45) is 0 Å². The van der Waals surface area contributed by atoms with Crippen molar-refractivity contribution in [1.82, 2.24) is 5.32 Å². The molecule has 3 aromatic rings. The molecule has 0 saturated heterocycles. The Morgan fingerprint density at radius 2 is 1.92 bits per heavy atom.